The second-order valence-electron chi connectivity index (χ2n) is 5.34. The SMILES string of the molecule is Fc1cccc(Cl)c1B(c1c(F)cccc1Cl)c1c(Cl)cccc1Cl. The van der Waals surface area contributed by atoms with E-state index >= 15 is 0 Å². The predicted octanol–water partition coefficient (Wildman–Crippen LogP) is 5.09. The molecule has 25 heavy (non-hydrogen) atoms. The molecule has 0 nitrogen and oxygen atoms in total. The van der Waals surface area contributed by atoms with Crippen molar-refractivity contribution in [3.63, 3.8) is 0 Å². The molecule has 0 aliphatic rings. The minimum atomic E-state index is -0.997. The predicted molar refractivity (Wildman–Crippen MR) is 104 cm³/mol. The summed E-state index contributed by atoms with van der Waals surface area (Å²) in [6.45, 7) is -0.997. The zero-order valence-corrected chi connectivity index (χ0v) is 15.6. The van der Waals surface area contributed by atoms with Crippen molar-refractivity contribution < 1.29 is 8.78 Å². The molecule has 0 saturated heterocycles. The molecule has 0 aliphatic carbocycles. The molecule has 0 fully saturated rings. The summed E-state index contributed by atoms with van der Waals surface area (Å²) < 4.78 is 29.3. The maximum absolute atomic E-state index is 14.7. The van der Waals surface area contributed by atoms with Crippen LogP contribution < -0.4 is 16.4 Å². The summed E-state index contributed by atoms with van der Waals surface area (Å²) >= 11 is 25.1. The molecule has 0 N–H and O–H groups in total. The van der Waals surface area contributed by atoms with Gasteiger partial charge in [0.15, 0.2) is 0 Å². The Hall–Kier alpha value is -1.26. The minimum absolute atomic E-state index is 0.0613. The van der Waals surface area contributed by atoms with Gasteiger partial charge in [-0.2, -0.15) is 0 Å². The first-order chi connectivity index (χ1) is 11.9. The van der Waals surface area contributed by atoms with E-state index in [0.29, 0.717) is 5.46 Å². The van der Waals surface area contributed by atoms with Gasteiger partial charge < -0.3 is 0 Å². The monoisotopic (exact) mass is 414 g/mol. The summed E-state index contributed by atoms with van der Waals surface area (Å²) in [5, 5.41) is 0.771. The van der Waals surface area contributed by atoms with Gasteiger partial charge >= 0.3 is 0 Å². The van der Waals surface area contributed by atoms with E-state index in [9.17, 15) is 8.78 Å². The van der Waals surface area contributed by atoms with Gasteiger partial charge in [-0.25, -0.2) is 8.78 Å². The molecule has 7 heteroatoms. The normalized spacial score (nSPS) is 10.8. The second-order valence-corrected chi connectivity index (χ2v) is 6.97. The summed E-state index contributed by atoms with van der Waals surface area (Å²) in [6, 6.07) is 13.3. The van der Waals surface area contributed by atoms with E-state index < -0.39 is 18.3 Å². The highest BCUT2D eigenvalue weighted by atomic mass is 35.5. The summed E-state index contributed by atoms with van der Waals surface area (Å²) in [6.07, 6.45) is 0. The fourth-order valence-corrected chi connectivity index (χ4v) is 3.95. The van der Waals surface area contributed by atoms with E-state index in [1.165, 1.54) is 36.4 Å². The lowest BCUT2D eigenvalue weighted by molar-refractivity contribution is 0.633. The highest BCUT2D eigenvalue weighted by Gasteiger charge is 2.34. The molecule has 0 atom stereocenters. The number of hydrogen-bond acceptors (Lipinski definition) is 0. The van der Waals surface area contributed by atoms with Crippen molar-refractivity contribution in [2.75, 3.05) is 0 Å². The van der Waals surface area contributed by atoms with Crippen LogP contribution in [0.4, 0.5) is 8.78 Å². The molecule has 0 heterocycles. The average Bonchev–Trinajstić information content (AvgIpc) is 2.53. The molecule has 3 aromatic rings. The first kappa shape index (κ1) is 18.5. The summed E-state index contributed by atoms with van der Waals surface area (Å²) in [5.74, 6) is -1.21. The van der Waals surface area contributed by atoms with Gasteiger partial charge in [-0.3, -0.25) is 0 Å². The van der Waals surface area contributed by atoms with Gasteiger partial charge in [0.25, 0.3) is 6.71 Å². The van der Waals surface area contributed by atoms with E-state index in [1.54, 1.807) is 18.2 Å². The highest BCUT2D eigenvalue weighted by molar-refractivity contribution is 6.99. The van der Waals surface area contributed by atoms with Crippen LogP contribution in [-0.2, 0) is 0 Å². The molecular formula is C18H9BCl4F2. The molecule has 126 valence electrons. The first-order valence-electron chi connectivity index (χ1n) is 7.23. The van der Waals surface area contributed by atoms with Gasteiger partial charge in [0, 0.05) is 20.1 Å². The van der Waals surface area contributed by atoms with Crippen molar-refractivity contribution in [3.8, 4) is 0 Å². The summed E-state index contributed by atoms with van der Waals surface area (Å²) in [4.78, 5) is 0. The molecule has 0 aromatic heterocycles. The minimum Gasteiger partial charge on any atom is -0.208 e. The third-order valence-corrected chi connectivity index (χ3v) is 5.18. The third-order valence-electron chi connectivity index (χ3n) is 3.87. The lowest BCUT2D eigenvalue weighted by Crippen LogP contribution is -2.56. The van der Waals surface area contributed by atoms with Crippen molar-refractivity contribution in [2.45, 2.75) is 0 Å². The van der Waals surface area contributed by atoms with Crippen LogP contribution in [0.3, 0.4) is 0 Å². The summed E-state index contributed by atoms with van der Waals surface area (Å²) in [7, 11) is 0. The standard InChI is InChI=1S/C18H9BCl4F2/c20-10-4-1-5-11(21)16(10)19(17-12(22)6-2-8-14(17)24)18-13(23)7-3-9-15(18)25/h1-9H. The van der Waals surface area contributed by atoms with Crippen LogP contribution in [0.1, 0.15) is 0 Å². The van der Waals surface area contributed by atoms with Gasteiger partial charge in [0.1, 0.15) is 11.6 Å². The van der Waals surface area contributed by atoms with E-state index in [0.717, 1.165) is 0 Å². The Kier molecular flexibility index (Phi) is 5.60. The van der Waals surface area contributed by atoms with Crippen molar-refractivity contribution in [1.29, 1.82) is 0 Å². The van der Waals surface area contributed by atoms with Crippen LogP contribution in [0.2, 0.25) is 20.1 Å². The number of rotatable bonds is 3. The lowest BCUT2D eigenvalue weighted by atomic mass is 9.36. The van der Waals surface area contributed by atoms with Gasteiger partial charge in [0.2, 0.25) is 0 Å². The molecule has 3 rings (SSSR count). The maximum Gasteiger partial charge on any atom is 0.256 e. The van der Waals surface area contributed by atoms with Crippen LogP contribution >= 0.6 is 46.4 Å². The van der Waals surface area contributed by atoms with Crippen molar-refractivity contribution in [1.82, 2.24) is 0 Å². The molecule has 3 aromatic carbocycles. The molecule has 0 saturated carbocycles. The van der Waals surface area contributed by atoms with Crippen molar-refractivity contribution in [2.24, 2.45) is 0 Å². The molecule has 0 spiro atoms. The zero-order valence-electron chi connectivity index (χ0n) is 12.5. The Morgan fingerprint density at radius 1 is 0.520 bits per heavy atom. The lowest BCUT2D eigenvalue weighted by Gasteiger charge is -2.21. The quantitative estimate of drug-likeness (QED) is 0.522. The topological polar surface area (TPSA) is 0 Å². The molecule has 0 radical (unpaired) electrons. The summed E-state index contributed by atoms with van der Waals surface area (Å²) in [5.41, 5.74) is 0.460. The van der Waals surface area contributed by atoms with E-state index in [1.807, 2.05) is 0 Å². The van der Waals surface area contributed by atoms with Crippen LogP contribution in [0.25, 0.3) is 0 Å². The van der Waals surface area contributed by atoms with E-state index in [4.69, 9.17) is 46.4 Å². The van der Waals surface area contributed by atoms with E-state index in [2.05, 4.69) is 0 Å². The smallest absolute Gasteiger partial charge is 0.208 e. The Morgan fingerprint density at radius 3 is 1.20 bits per heavy atom. The Bertz CT molecular complexity index is 763. The van der Waals surface area contributed by atoms with Crippen LogP contribution in [0, 0.1) is 11.6 Å². The van der Waals surface area contributed by atoms with Gasteiger partial charge in [-0.05, 0) is 52.8 Å². The van der Waals surface area contributed by atoms with Crippen LogP contribution in [0.15, 0.2) is 54.6 Å². The zero-order chi connectivity index (χ0) is 18.1. The second kappa shape index (κ2) is 7.55. The van der Waals surface area contributed by atoms with Gasteiger partial charge in [-0.15, -0.1) is 0 Å². The van der Waals surface area contributed by atoms with Crippen molar-refractivity contribution in [3.05, 3.63) is 86.3 Å². The number of halogens is 6. The van der Waals surface area contributed by atoms with Crippen molar-refractivity contribution >= 4 is 69.5 Å². The van der Waals surface area contributed by atoms with E-state index in [-0.39, 0.29) is 31.0 Å². The van der Waals surface area contributed by atoms with Gasteiger partial charge in [-0.1, -0.05) is 64.6 Å². The molecule has 0 amide bonds. The third kappa shape index (κ3) is 3.52. The van der Waals surface area contributed by atoms with Crippen LogP contribution in [0.5, 0.6) is 0 Å². The highest BCUT2D eigenvalue weighted by Crippen LogP contribution is 2.20. The molecule has 0 aliphatic heterocycles. The first-order valence-corrected chi connectivity index (χ1v) is 8.74. The van der Waals surface area contributed by atoms with Gasteiger partial charge in [0.05, 0.1) is 0 Å². The number of benzene rings is 3. The fraction of sp³-hybridized carbons (Fsp3) is 0. The molecule has 0 bridgehead atoms. The largest absolute Gasteiger partial charge is 0.256 e. The molecular weight excluding hydrogens is 407 g/mol. The van der Waals surface area contributed by atoms with Crippen LogP contribution in [-0.4, -0.2) is 6.71 Å². The fourth-order valence-electron chi connectivity index (χ4n) is 2.79. The number of hydrogen-bond donors (Lipinski definition) is 0. The Labute approximate surface area is 164 Å². The average molecular weight is 416 g/mol. The maximum atomic E-state index is 14.7. The molecule has 0 unspecified atom stereocenters. The Balaban J connectivity index is 2.42. The Morgan fingerprint density at radius 2 is 0.840 bits per heavy atom.